The van der Waals surface area contributed by atoms with Crippen LogP contribution in [0.5, 0.6) is 11.5 Å². The lowest BCUT2D eigenvalue weighted by Gasteiger charge is -2.10. The van der Waals surface area contributed by atoms with Crippen molar-refractivity contribution in [3.05, 3.63) is 23.8 Å². The molecule has 0 saturated carbocycles. The predicted octanol–water partition coefficient (Wildman–Crippen LogP) is -1.40. The molecule has 0 amide bonds. The molecule has 0 saturated heterocycles. The molecule has 3 nitrogen and oxygen atoms in total. The normalized spacial score (nSPS) is 11.5. The molecule has 1 unspecified atom stereocenters. The minimum atomic E-state index is 0. The molecule has 0 aliphatic carbocycles. The Kier molecular flexibility index (Phi) is 6.13. The molecule has 0 heterocycles. The number of halogens is 1. The summed E-state index contributed by atoms with van der Waals surface area (Å²) in [5.74, 6) is 1.51. The first-order valence-electron chi connectivity index (χ1n) is 4.64. The molecule has 1 aromatic carbocycles. The van der Waals surface area contributed by atoms with Crippen molar-refractivity contribution in [2.24, 2.45) is 5.73 Å². The van der Waals surface area contributed by atoms with E-state index in [2.05, 4.69) is 0 Å². The van der Waals surface area contributed by atoms with Crippen LogP contribution in [-0.4, -0.2) is 20.3 Å². The third-order valence-corrected chi connectivity index (χ3v) is 2.01. The Labute approximate surface area is 97.0 Å². The molecule has 0 radical (unpaired) electrons. The summed E-state index contributed by atoms with van der Waals surface area (Å²) in [6.45, 7) is 1.98. The van der Waals surface area contributed by atoms with Gasteiger partial charge in [-0.3, -0.25) is 0 Å². The zero-order chi connectivity index (χ0) is 10.6. The molecule has 0 aromatic heterocycles. The molecular weight excluding hydrogens is 214 g/mol. The van der Waals surface area contributed by atoms with Crippen molar-refractivity contribution in [1.82, 2.24) is 0 Å². The Morgan fingerprint density at radius 3 is 2.27 bits per heavy atom. The summed E-state index contributed by atoms with van der Waals surface area (Å²) >= 11 is 0. The molecular formula is C11H17ClNO2-. The van der Waals surface area contributed by atoms with Crippen LogP contribution in [0.1, 0.15) is 12.5 Å². The monoisotopic (exact) mass is 230 g/mol. The van der Waals surface area contributed by atoms with Gasteiger partial charge in [-0.05, 0) is 31.0 Å². The number of ether oxygens (including phenoxy) is 2. The lowest BCUT2D eigenvalue weighted by molar-refractivity contribution is -0.00000377. The maximum absolute atomic E-state index is 5.71. The van der Waals surface area contributed by atoms with Gasteiger partial charge < -0.3 is 27.6 Å². The van der Waals surface area contributed by atoms with Crippen molar-refractivity contribution in [2.75, 3.05) is 14.2 Å². The first-order valence-corrected chi connectivity index (χ1v) is 4.64. The van der Waals surface area contributed by atoms with Crippen LogP contribution in [0.4, 0.5) is 0 Å². The van der Waals surface area contributed by atoms with Gasteiger partial charge in [0.25, 0.3) is 0 Å². The molecule has 1 aromatic rings. The van der Waals surface area contributed by atoms with Crippen molar-refractivity contribution in [1.29, 1.82) is 0 Å². The lowest BCUT2D eigenvalue weighted by Crippen LogP contribution is -3.00. The van der Waals surface area contributed by atoms with Crippen LogP contribution in [0.25, 0.3) is 0 Å². The van der Waals surface area contributed by atoms with Crippen molar-refractivity contribution in [3.63, 3.8) is 0 Å². The van der Waals surface area contributed by atoms with E-state index in [0.717, 1.165) is 23.5 Å². The molecule has 86 valence electrons. The summed E-state index contributed by atoms with van der Waals surface area (Å²) < 4.78 is 10.3. The first kappa shape index (κ1) is 14.1. The van der Waals surface area contributed by atoms with E-state index in [1.54, 1.807) is 14.2 Å². The highest BCUT2D eigenvalue weighted by Crippen LogP contribution is 2.27. The van der Waals surface area contributed by atoms with E-state index in [4.69, 9.17) is 15.2 Å². The van der Waals surface area contributed by atoms with Crippen LogP contribution in [0.15, 0.2) is 18.2 Å². The molecule has 4 heteroatoms. The van der Waals surface area contributed by atoms with Gasteiger partial charge in [-0.15, -0.1) is 0 Å². The van der Waals surface area contributed by atoms with Gasteiger partial charge in [-0.25, -0.2) is 0 Å². The third kappa shape index (κ3) is 3.98. The highest BCUT2D eigenvalue weighted by molar-refractivity contribution is 5.43. The average Bonchev–Trinajstić information content (AvgIpc) is 2.16. The van der Waals surface area contributed by atoms with E-state index in [1.807, 2.05) is 25.1 Å². The summed E-state index contributed by atoms with van der Waals surface area (Å²) in [7, 11) is 3.26. The summed E-state index contributed by atoms with van der Waals surface area (Å²) in [6, 6.07) is 6.02. The summed E-state index contributed by atoms with van der Waals surface area (Å²) in [5.41, 5.74) is 6.88. The number of nitrogens with two attached hydrogens (primary N) is 1. The largest absolute Gasteiger partial charge is 1.00 e. The highest BCUT2D eigenvalue weighted by Gasteiger charge is 2.05. The van der Waals surface area contributed by atoms with Crippen molar-refractivity contribution >= 4 is 0 Å². The summed E-state index contributed by atoms with van der Waals surface area (Å²) in [5, 5.41) is 0. The van der Waals surface area contributed by atoms with Gasteiger partial charge in [-0.2, -0.15) is 0 Å². The van der Waals surface area contributed by atoms with Gasteiger partial charge >= 0.3 is 0 Å². The maximum atomic E-state index is 5.71. The van der Waals surface area contributed by atoms with E-state index in [-0.39, 0.29) is 18.4 Å². The molecule has 2 N–H and O–H groups in total. The molecule has 15 heavy (non-hydrogen) atoms. The fourth-order valence-electron chi connectivity index (χ4n) is 1.38. The SMILES string of the molecule is COc1ccc(CC(C)N)cc1OC.[Cl-]. The van der Waals surface area contributed by atoms with E-state index in [1.165, 1.54) is 0 Å². The summed E-state index contributed by atoms with van der Waals surface area (Å²) in [6.07, 6.45) is 0.848. The van der Waals surface area contributed by atoms with Gasteiger partial charge in [0.1, 0.15) is 0 Å². The highest BCUT2D eigenvalue weighted by atomic mass is 35.5. The van der Waals surface area contributed by atoms with Crippen LogP contribution >= 0.6 is 0 Å². The Bertz CT molecular complexity index is 303. The quantitative estimate of drug-likeness (QED) is 0.692. The number of hydrogen-bond donors (Lipinski definition) is 1. The van der Waals surface area contributed by atoms with Crippen molar-refractivity contribution < 1.29 is 21.9 Å². The van der Waals surface area contributed by atoms with E-state index < -0.39 is 0 Å². The van der Waals surface area contributed by atoms with Crippen molar-refractivity contribution in [3.8, 4) is 11.5 Å². The van der Waals surface area contributed by atoms with E-state index in [9.17, 15) is 0 Å². The maximum Gasteiger partial charge on any atom is 0.160 e. The number of methoxy groups -OCH3 is 2. The molecule has 0 aliphatic rings. The van der Waals surface area contributed by atoms with Crippen LogP contribution in [0.2, 0.25) is 0 Å². The van der Waals surface area contributed by atoms with Gasteiger partial charge in [0.05, 0.1) is 14.2 Å². The first-order chi connectivity index (χ1) is 6.67. The number of benzene rings is 1. The predicted molar refractivity (Wildman–Crippen MR) is 56.9 cm³/mol. The second kappa shape index (κ2) is 6.53. The van der Waals surface area contributed by atoms with Crippen molar-refractivity contribution in [2.45, 2.75) is 19.4 Å². The van der Waals surface area contributed by atoms with Gasteiger partial charge in [0.2, 0.25) is 0 Å². The molecule has 0 aliphatic heterocycles. The minimum Gasteiger partial charge on any atom is -1.00 e. The molecule has 1 rings (SSSR count). The Hall–Kier alpha value is -0.930. The Morgan fingerprint density at radius 2 is 1.80 bits per heavy atom. The second-order valence-corrected chi connectivity index (χ2v) is 3.37. The summed E-state index contributed by atoms with van der Waals surface area (Å²) in [4.78, 5) is 0. The Morgan fingerprint density at radius 1 is 1.20 bits per heavy atom. The van der Waals surface area contributed by atoms with Gasteiger partial charge in [0.15, 0.2) is 11.5 Å². The zero-order valence-corrected chi connectivity index (χ0v) is 10.0. The number of rotatable bonds is 4. The minimum absolute atomic E-state index is 0. The fraction of sp³-hybridized carbons (Fsp3) is 0.455. The lowest BCUT2D eigenvalue weighted by atomic mass is 10.1. The van der Waals surface area contributed by atoms with Crippen LogP contribution < -0.4 is 27.6 Å². The second-order valence-electron chi connectivity index (χ2n) is 3.37. The molecule has 0 spiro atoms. The third-order valence-electron chi connectivity index (χ3n) is 2.01. The van der Waals surface area contributed by atoms with E-state index >= 15 is 0 Å². The van der Waals surface area contributed by atoms with Crippen LogP contribution in [0, 0.1) is 0 Å². The Balaban J connectivity index is 0.00000196. The molecule has 0 fully saturated rings. The molecule has 0 bridgehead atoms. The van der Waals surface area contributed by atoms with Crippen LogP contribution in [-0.2, 0) is 6.42 Å². The smallest absolute Gasteiger partial charge is 0.160 e. The topological polar surface area (TPSA) is 44.5 Å². The van der Waals surface area contributed by atoms with Gasteiger partial charge in [0, 0.05) is 6.04 Å². The van der Waals surface area contributed by atoms with Crippen LogP contribution in [0.3, 0.4) is 0 Å². The zero-order valence-electron chi connectivity index (χ0n) is 9.29. The average molecular weight is 231 g/mol. The fourth-order valence-corrected chi connectivity index (χ4v) is 1.38. The van der Waals surface area contributed by atoms with E-state index in [0.29, 0.717) is 0 Å². The number of hydrogen-bond acceptors (Lipinski definition) is 3. The van der Waals surface area contributed by atoms with Gasteiger partial charge in [-0.1, -0.05) is 6.07 Å². The molecule has 1 atom stereocenters. The standard InChI is InChI=1S/C11H17NO2.ClH/c1-8(12)6-9-4-5-10(13-2)11(7-9)14-3;/h4-5,7-8H,6,12H2,1-3H3;1H/p-1.